The first kappa shape index (κ1) is 12.5. The normalized spacial score (nSPS) is 22.8. The molecule has 2 heterocycles. The first-order valence-corrected chi connectivity index (χ1v) is 7.18. The summed E-state index contributed by atoms with van der Waals surface area (Å²) in [5.74, 6) is 0.355. The van der Waals surface area contributed by atoms with Gasteiger partial charge in [0.2, 0.25) is 0 Å². The average molecular weight is 258 g/mol. The van der Waals surface area contributed by atoms with E-state index in [-0.39, 0.29) is 11.1 Å². The second-order valence-electron chi connectivity index (χ2n) is 4.54. The highest BCUT2D eigenvalue weighted by atomic mass is 32.2. The number of nitrogens with zero attached hydrogens (tertiary/aromatic N) is 2. The fourth-order valence-corrected chi connectivity index (χ4v) is 3.33. The van der Waals surface area contributed by atoms with Crippen LogP contribution in [0.4, 0.5) is 0 Å². The Balaban J connectivity index is 2.06. The highest BCUT2D eigenvalue weighted by molar-refractivity contribution is 7.89. The highest BCUT2D eigenvalue weighted by Crippen LogP contribution is 2.15. The van der Waals surface area contributed by atoms with Crippen LogP contribution in [0.25, 0.3) is 0 Å². The number of sulfonamides is 1. The van der Waals surface area contributed by atoms with Crippen LogP contribution in [0, 0.1) is 5.92 Å². The maximum absolute atomic E-state index is 12.0. The molecule has 1 fully saturated rings. The third kappa shape index (κ3) is 2.85. The van der Waals surface area contributed by atoms with Gasteiger partial charge in [-0.3, -0.25) is 0 Å². The van der Waals surface area contributed by atoms with Crippen LogP contribution in [0.1, 0.15) is 13.3 Å². The van der Waals surface area contributed by atoms with E-state index in [2.05, 4.69) is 15.0 Å². The number of aryl methyl sites for hydroxylation is 1. The van der Waals surface area contributed by atoms with Gasteiger partial charge in [0.25, 0.3) is 10.0 Å². The quantitative estimate of drug-likeness (QED) is 0.777. The fourth-order valence-electron chi connectivity index (χ4n) is 2.03. The average Bonchev–Trinajstić information content (AvgIpc) is 2.86. The summed E-state index contributed by atoms with van der Waals surface area (Å²) in [6, 6.07) is -0.0722. The van der Waals surface area contributed by atoms with Crippen molar-refractivity contribution in [3.05, 3.63) is 12.5 Å². The Labute approximate surface area is 101 Å². The molecule has 1 aliphatic heterocycles. The maximum Gasteiger partial charge on any atom is 0.259 e. The van der Waals surface area contributed by atoms with Crippen LogP contribution in [-0.4, -0.2) is 37.1 Å². The predicted octanol–water partition coefficient (Wildman–Crippen LogP) is -0.304. The molecular formula is C10H18N4O2S. The summed E-state index contributed by atoms with van der Waals surface area (Å²) in [5, 5.41) is 3.31. The Morgan fingerprint density at radius 3 is 2.94 bits per heavy atom. The maximum atomic E-state index is 12.0. The largest absolute Gasteiger partial charge is 0.339 e. The van der Waals surface area contributed by atoms with Crippen molar-refractivity contribution in [1.29, 1.82) is 0 Å². The molecule has 0 spiro atoms. The van der Waals surface area contributed by atoms with Crippen LogP contribution < -0.4 is 10.0 Å². The van der Waals surface area contributed by atoms with Gasteiger partial charge >= 0.3 is 0 Å². The molecule has 1 saturated heterocycles. The molecule has 2 unspecified atom stereocenters. The SMILES string of the molecule is CC(NS(=O)(=O)c1cn(C)cn1)C1CCNC1. The lowest BCUT2D eigenvalue weighted by Crippen LogP contribution is -2.39. The zero-order valence-corrected chi connectivity index (χ0v) is 10.9. The molecule has 2 atom stereocenters. The molecule has 0 radical (unpaired) electrons. The molecule has 6 nitrogen and oxygen atoms in total. The fraction of sp³-hybridized carbons (Fsp3) is 0.700. The first-order chi connectivity index (χ1) is 7.99. The van der Waals surface area contributed by atoms with Crippen LogP contribution in [0.5, 0.6) is 0 Å². The van der Waals surface area contributed by atoms with Crippen LogP contribution in [0.2, 0.25) is 0 Å². The summed E-state index contributed by atoms with van der Waals surface area (Å²) >= 11 is 0. The van der Waals surface area contributed by atoms with Crippen molar-refractivity contribution in [3.63, 3.8) is 0 Å². The van der Waals surface area contributed by atoms with E-state index in [9.17, 15) is 8.42 Å². The summed E-state index contributed by atoms with van der Waals surface area (Å²) in [5.41, 5.74) is 0. The molecular weight excluding hydrogens is 240 g/mol. The summed E-state index contributed by atoms with van der Waals surface area (Å²) < 4.78 is 28.3. The van der Waals surface area contributed by atoms with E-state index in [1.54, 1.807) is 11.6 Å². The smallest absolute Gasteiger partial charge is 0.259 e. The van der Waals surface area contributed by atoms with Gasteiger partial charge in [-0.25, -0.2) is 18.1 Å². The van der Waals surface area contributed by atoms with Gasteiger partial charge < -0.3 is 9.88 Å². The summed E-state index contributed by atoms with van der Waals surface area (Å²) in [6.45, 7) is 3.73. The molecule has 1 aromatic heterocycles. The molecule has 0 bridgehead atoms. The Kier molecular flexibility index (Phi) is 3.50. The molecule has 0 amide bonds. The zero-order valence-electron chi connectivity index (χ0n) is 10.0. The molecule has 2 N–H and O–H groups in total. The highest BCUT2D eigenvalue weighted by Gasteiger charge is 2.26. The molecule has 17 heavy (non-hydrogen) atoms. The van der Waals surface area contributed by atoms with E-state index < -0.39 is 10.0 Å². The molecule has 0 aliphatic carbocycles. The summed E-state index contributed by atoms with van der Waals surface area (Å²) in [7, 11) is -1.74. The minimum Gasteiger partial charge on any atom is -0.339 e. The Hall–Kier alpha value is -0.920. The Morgan fingerprint density at radius 2 is 2.41 bits per heavy atom. The number of hydrogen-bond donors (Lipinski definition) is 2. The molecule has 7 heteroatoms. The van der Waals surface area contributed by atoms with Crippen molar-refractivity contribution in [1.82, 2.24) is 19.6 Å². The van der Waals surface area contributed by atoms with Crippen molar-refractivity contribution in [3.8, 4) is 0 Å². The van der Waals surface area contributed by atoms with E-state index in [4.69, 9.17) is 0 Å². The van der Waals surface area contributed by atoms with Crippen molar-refractivity contribution >= 4 is 10.0 Å². The van der Waals surface area contributed by atoms with Gasteiger partial charge in [-0.15, -0.1) is 0 Å². The molecule has 1 aliphatic rings. The first-order valence-electron chi connectivity index (χ1n) is 5.70. The van der Waals surface area contributed by atoms with Crippen LogP contribution in [-0.2, 0) is 17.1 Å². The predicted molar refractivity (Wildman–Crippen MR) is 64.0 cm³/mol. The van der Waals surface area contributed by atoms with Gasteiger partial charge in [0.15, 0.2) is 5.03 Å². The van der Waals surface area contributed by atoms with E-state index in [1.165, 1.54) is 12.5 Å². The zero-order chi connectivity index (χ0) is 12.5. The second kappa shape index (κ2) is 4.75. The van der Waals surface area contributed by atoms with Gasteiger partial charge in [-0.2, -0.15) is 0 Å². The monoisotopic (exact) mass is 258 g/mol. The van der Waals surface area contributed by atoms with Gasteiger partial charge in [0.05, 0.1) is 6.33 Å². The molecule has 96 valence electrons. The molecule has 2 rings (SSSR count). The second-order valence-corrected chi connectivity index (χ2v) is 6.20. The summed E-state index contributed by atoms with van der Waals surface area (Å²) in [6.07, 6.45) is 3.99. The van der Waals surface area contributed by atoms with Gasteiger partial charge in [0.1, 0.15) is 0 Å². The van der Waals surface area contributed by atoms with E-state index in [0.29, 0.717) is 5.92 Å². The van der Waals surface area contributed by atoms with Crippen molar-refractivity contribution in [2.75, 3.05) is 13.1 Å². The molecule has 0 aromatic carbocycles. The minimum absolute atomic E-state index is 0.0722. The van der Waals surface area contributed by atoms with Gasteiger partial charge in [0, 0.05) is 19.3 Å². The standard InChI is InChI=1S/C10H18N4O2S/c1-8(9-3-4-11-5-9)13-17(15,16)10-6-14(2)7-12-10/h6-9,11,13H,3-5H2,1-2H3. The van der Waals surface area contributed by atoms with Crippen molar-refractivity contribution < 1.29 is 8.42 Å². The third-order valence-corrected chi connectivity index (χ3v) is 4.55. The molecule has 0 saturated carbocycles. The number of nitrogens with one attached hydrogen (secondary N) is 2. The van der Waals surface area contributed by atoms with Crippen molar-refractivity contribution in [2.24, 2.45) is 13.0 Å². The lowest BCUT2D eigenvalue weighted by molar-refractivity contribution is 0.444. The van der Waals surface area contributed by atoms with Gasteiger partial charge in [-0.05, 0) is 32.4 Å². The minimum atomic E-state index is -3.49. The number of imidazole rings is 1. The topological polar surface area (TPSA) is 76.0 Å². The third-order valence-electron chi connectivity index (χ3n) is 3.10. The van der Waals surface area contributed by atoms with E-state index >= 15 is 0 Å². The summed E-state index contributed by atoms with van der Waals surface area (Å²) in [4.78, 5) is 3.86. The number of rotatable bonds is 4. The lowest BCUT2D eigenvalue weighted by atomic mass is 10.0. The van der Waals surface area contributed by atoms with Crippen LogP contribution >= 0.6 is 0 Å². The van der Waals surface area contributed by atoms with Gasteiger partial charge in [-0.1, -0.05) is 0 Å². The van der Waals surface area contributed by atoms with Crippen molar-refractivity contribution in [2.45, 2.75) is 24.4 Å². The van der Waals surface area contributed by atoms with E-state index in [0.717, 1.165) is 19.5 Å². The number of hydrogen-bond acceptors (Lipinski definition) is 4. The van der Waals surface area contributed by atoms with Crippen LogP contribution in [0.15, 0.2) is 17.6 Å². The lowest BCUT2D eigenvalue weighted by Gasteiger charge is -2.18. The molecule has 1 aromatic rings. The van der Waals surface area contributed by atoms with E-state index in [1.807, 2.05) is 6.92 Å². The Morgan fingerprint density at radius 1 is 1.65 bits per heavy atom. The Bertz CT molecular complexity index is 476. The number of aromatic nitrogens is 2. The van der Waals surface area contributed by atoms with Crippen LogP contribution in [0.3, 0.4) is 0 Å².